The largest absolute Gasteiger partial charge is 0.416 e. The van der Waals surface area contributed by atoms with Crippen molar-refractivity contribution < 1.29 is 40.7 Å². The molecule has 0 spiro atoms. The number of carbonyl (C=O) groups excluding carboxylic acids is 3. The number of likely N-dealkylation sites (tertiary alicyclic amines) is 1. The Morgan fingerprint density at radius 1 is 0.778 bits per heavy atom. The average molecular weight is 515 g/mol. The number of hydrogen-bond donors (Lipinski definition) is 2. The summed E-state index contributed by atoms with van der Waals surface area (Å²) in [5.74, 6) is -2.05. The molecule has 1 aliphatic heterocycles. The zero-order chi connectivity index (χ0) is 26.5. The first-order valence-electron chi connectivity index (χ1n) is 11.1. The Morgan fingerprint density at radius 3 is 1.83 bits per heavy atom. The van der Waals surface area contributed by atoms with E-state index in [4.69, 9.17) is 0 Å². The number of alkyl halides is 6. The number of nitrogens with one attached hydrogen (secondary N) is 2. The highest BCUT2D eigenvalue weighted by Crippen LogP contribution is 2.36. The minimum atomic E-state index is -5.05. The minimum absolute atomic E-state index is 0.000734. The molecule has 0 radical (unpaired) electrons. The number of halogens is 6. The molecule has 2 aromatic carbocycles. The number of benzene rings is 2. The molecule has 36 heavy (non-hydrogen) atoms. The number of piperidine rings is 1. The van der Waals surface area contributed by atoms with Crippen LogP contribution in [0.4, 0.5) is 26.3 Å². The molecule has 0 atom stereocenters. The minimum Gasteiger partial charge on any atom is -0.354 e. The van der Waals surface area contributed by atoms with Gasteiger partial charge in [-0.15, -0.1) is 0 Å². The van der Waals surface area contributed by atoms with E-state index in [9.17, 15) is 40.7 Å². The Bertz CT molecular complexity index is 1060. The maximum Gasteiger partial charge on any atom is 0.416 e. The summed E-state index contributed by atoms with van der Waals surface area (Å²) in [5, 5.41) is 5.34. The van der Waals surface area contributed by atoms with E-state index in [0.29, 0.717) is 17.7 Å². The summed E-state index contributed by atoms with van der Waals surface area (Å²) in [5.41, 5.74) is -3.36. The van der Waals surface area contributed by atoms with Crippen LogP contribution in [0.2, 0.25) is 0 Å². The topological polar surface area (TPSA) is 78.5 Å². The second-order valence-corrected chi connectivity index (χ2v) is 8.27. The molecule has 6 nitrogen and oxygen atoms in total. The Hall–Kier alpha value is -3.57. The second kappa shape index (κ2) is 11.0. The molecule has 0 aromatic heterocycles. The van der Waals surface area contributed by atoms with E-state index in [-0.39, 0.29) is 56.9 Å². The fourth-order valence-corrected chi connectivity index (χ4v) is 3.80. The van der Waals surface area contributed by atoms with Crippen LogP contribution in [-0.4, -0.2) is 48.8 Å². The summed E-state index contributed by atoms with van der Waals surface area (Å²) in [6, 6.07) is 9.27. The van der Waals surface area contributed by atoms with E-state index in [0.717, 1.165) is 4.90 Å². The first-order chi connectivity index (χ1) is 16.9. The molecular weight excluding hydrogens is 492 g/mol. The van der Waals surface area contributed by atoms with Crippen molar-refractivity contribution in [2.45, 2.75) is 25.2 Å². The monoisotopic (exact) mass is 515 g/mol. The van der Waals surface area contributed by atoms with E-state index >= 15 is 0 Å². The third kappa shape index (κ3) is 6.98. The summed E-state index contributed by atoms with van der Waals surface area (Å²) in [7, 11) is 0. The van der Waals surface area contributed by atoms with Crippen molar-refractivity contribution in [3.05, 3.63) is 70.8 Å². The van der Waals surface area contributed by atoms with Crippen LogP contribution >= 0.6 is 0 Å². The molecule has 12 heteroatoms. The van der Waals surface area contributed by atoms with E-state index in [1.807, 2.05) is 0 Å². The van der Waals surface area contributed by atoms with Gasteiger partial charge in [0, 0.05) is 43.2 Å². The standard InChI is InChI=1S/C24H23F6N3O3/c25-23(26,27)18-12-17(13-19(14-18)24(28,29)30)22(36)33-10-6-16(7-11-33)21(35)32-9-8-31-20(34)15-4-2-1-3-5-15/h1-5,12-14,16H,6-11H2,(H,31,34)(H,32,35). The number of nitrogens with zero attached hydrogens (tertiary/aromatic N) is 1. The van der Waals surface area contributed by atoms with Gasteiger partial charge in [-0.1, -0.05) is 18.2 Å². The summed E-state index contributed by atoms with van der Waals surface area (Å²) >= 11 is 0. The summed E-state index contributed by atoms with van der Waals surface area (Å²) in [6.45, 7) is 0.355. The summed E-state index contributed by atoms with van der Waals surface area (Å²) in [4.78, 5) is 38.2. The van der Waals surface area contributed by atoms with Crippen LogP contribution in [-0.2, 0) is 17.1 Å². The molecule has 2 N–H and O–H groups in total. The van der Waals surface area contributed by atoms with Crippen molar-refractivity contribution in [1.29, 1.82) is 0 Å². The normalized spacial score (nSPS) is 14.9. The number of carbonyl (C=O) groups is 3. The van der Waals surface area contributed by atoms with Gasteiger partial charge >= 0.3 is 12.4 Å². The fourth-order valence-electron chi connectivity index (χ4n) is 3.80. The highest BCUT2D eigenvalue weighted by atomic mass is 19.4. The van der Waals surface area contributed by atoms with Gasteiger partial charge in [0.1, 0.15) is 0 Å². The predicted molar refractivity (Wildman–Crippen MR) is 117 cm³/mol. The van der Waals surface area contributed by atoms with Crippen LogP contribution in [0.3, 0.4) is 0 Å². The van der Waals surface area contributed by atoms with Crippen LogP contribution in [0, 0.1) is 5.92 Å². The highest BCUT2D eigenvalue weighted by Gasteiger charge is 2.38. The quantitative estimate of drug-likeness (QED) is 0.449. The lowest BCUT2D eigenvalue weighted by molar-refractivity contribution is -0.143. The van der Waals surface area contributed by atoms with E-state index < -0.39 is 40.9 Å². The van der Waals surface area contributed by atoms with Gasteiger partial charge in [-0.2, -0.15) is 26.3 Å². The van der Waals surface area contributed by atoms with Crippen molar-refractivity contribution in [2.24, 2.45) is 5.92 Å². The maximum absolute atomic E-state index is 13.1. The van der Waals surface area contributed by atoms with Crippen LogP contribution in [0.1, 0.15) is 44.7 Å². The van der Waals surface area contributed by atoms with Crippen LogP contribution < -0.4 is 10.6 Å². The third-order valence-corrected chi connectivity index (χ3v) is 5.73. The molecular formula is C24H23F6N3O3. The van der Waals surface area contributed by atoms with Gasteiger partial charge in [0.25, 0.3) is 11.8 Å². The number of hydrogen-bond acceptors (Lipinski definition) is 3. The molecule has 0 unspecified atom stereocenters. The molecule has 1 aliphatic rings. The first kappa shape index (κ1) is 27.0. The second-order valence-electron chi connectivity index (χ2n) is 8.27. The van der Waals surface area contributed by atoms with Crippen LogP contribution in [0.15, 0.2) is 48.5 Å². The average Bonchev–Trinajstić information content (AvgIpc) is 2.85. The lowest BCUT2D eigenvalue weighted by Crippen LogP contribution is -2.44. The Labute approximate surface area is 202 Å². The molecule has 1 saturated heterocycles. The van der Waals surface area contributed by atoms with E-state index in [2.05, 4.69) is 10.6 Å². The van der Waals surface area contributed by atoms with E-state index in [1.54, 1.807) is 30.3 Å². The Kier molecular flexibility index (Phi) is 8.26. The summed E-state index contributed by atoms with van der Waals surface area (Å²) < 4.78 is 78.5. The van der Waals surface area contributed by atoms with Crippen LogP contribution in [0.25, 0.3) is 0 Å². The molecule has 3 rings (SSSR count). The molecule has 194 valence electrons. The zero-order valence-corrected chi connectivity index (χ0v) is 18.9. The first-order valence-corrected chi connectivity index (χ1v) is 11.1. The van der Waals surface area contributed by atoms with Gasteiger partial charge in [0.05, 0.1) is 11.1 Å². The molecule has 3 amide bonds. The molecule has 0 bridgehead atoms. The zero-order valence-electron chi connectivity index (χ0n) is 18.9. The Balaban J connectivity index is 1.52. The fraction of sp³-hybridized carbons (Fsp3) is 0.375. The molecule has 0 aliphatic carbocycles. The molecule has 1 fully saturated rings. The summed E-state index contributed by atoms with van der Waals surface area (Å²) in [6.07, 6.45) is -9.72. The lowest BCUT2D eigenvalue weighted by Gasteiger charge is -2.31. The van der Waals surface area contributed by atoms with Gasteiger partial charge in [-0.05, 0) is 43.2 Å². The molecule has 0 saturated carbocycles. The van der Waals surface area contributed by atoms with Crippen LogP contribution in [0.5, 0.6) is 0 Å². The smallest absolute Gasteiger partial charge is 0.354 e. The highest BCUT2D eigenvalue weighted by molar-refractivity contribution is 5.95. The van der Waals surface area contributed by atoms with Gasteiger partial charge in [0.2, 0.25) is 5.91 Å². The third-order valence-electron chi connectivity index (χ3n) is 5.73. The Morgan fingerprint density at radius 2 is 1.31 bits per heavy atom. The SMILES string of the molecule is O=C(NCCNC(=O)C1CCN(C(=O)c2cc(C(F)(F)F)cc(C(F)(F)F)c2)CC1)c1ccccc1. The molecule has 2 aromatic rings. The van der Waals surface area contributed by atoms with Gasteiger partial charge in [0.15, 0.2) is 0 Å². The van der Waals surface area contributed by atoms with Crippen molar-refractivity contribution in [1.82, 2.24) is 15.5 Å². The number of amides is 3. The van der Waals surface area contributed by atoms with Gasteiger partial charge < -0.3 is 15.5 Å². The maximum atomic E-state index is 13.1. The molecule has 1 heterocycles. The van der Waals surface area contributed by atoms with Crippen molar-refractivity contribution in [2.75, 3.05) is 26.2 Å². The van der Waals surface area contributed by atoms with E-state index in [1.165, 1.54) is 0 Å². The predicted octanol–water partition coefficient (Wildman–Crippen LogP) is 4.12. The van der Waals surface area contributed by atoms with Crippen molar-refractivity contribution in [3.63, 3.8) is 0 Å². The van der Waals surface area contributed by atoms with Gasteiger partial charge in [-0.25, -0.2) is 0 Å². The lowest BCUT2D eigenvalue weighted by atomic mass is 9.95. The van der Waals surface area contributed by atoms with Gasteiger partial charge in [-0.3, -0.25) is 14.4 Å². The van der Waals surface area contributed by atoms with Crippen molar-refractivity contribution >= 4 is 17.7 Å². The number of rotatable bonds is 6. The van der Waals surface area contributed by atoms with Crippen molar-refractivity contribution in [3.8, 4) is 0 Å².